The molecule has 0 bridgehead atoms. The number of likely N-dealkylation sites (N-methyl/N-ethyl adjacent to an activating group) is 1. The number of aliphatic hydroxyl groups is 1. The van der Waals surface area contributed by atoms with Crippen molar-refractivity contribution in [1.29, 1.82) is 0 Å². The molecule has 0 saturated heterocycles. The van der Waals surface area contributed by atoms with Crippen LogP contribution < -0.4 is 0 Å². The first-order chi connectivity index (χ1) is 6.50. The van der Waals surface area contributed by atoms with E-state index in [1.54, 1.807) is 0 Å². The number of hydrogen-bond donors (Lipinski definition) is 1. The molecule has 0 aromatic heterocycles. The van der Waals surface area contributed by atoms with Gasteiger partial charge in [-0.2, -0.15) is 0 Å². The van der Waals surface area contributed by atoms with Gasteiger partial charge in [0.05, 0.1) is 6.10 Å². The summed E-state index contributed by atoms with van der Waals surface area (Å²) in [5.41, 5.74) is -0.0847. The molecule has 0 aromatic carbocycles. The summed E-state index contributed by atoms with van der Waals surface area (Å²) in [6.45, 7) is 12.8. The van der Waals surface area contributed by atoms with Crippen LogP contribution in [0.2, 0.25) is 0 Å². The van der Waals surface area contributed by atoms with Crippen LogP contribution in [0.1, 0.15) is 53.9 Å². The van der Waals surface area contributed by atoms with Gasteiger partial charge in [0.2, 0.25) is 0 Å². The highest BCUT2D eigenvalue weighted by Gasteiger charge is 2.31. The lowest BCUT2D eigenvalue weighted by molar-refractivity contribution is -0.0101. The highest BCUT2D eigenvalue weighted by molar-refractivity contribution is 4.87. The van der Waals surface area contributed by atoms with Gasteiger partial charge in [-0.25, -0.2) is 0 Å². The van der Waals surface area contributed by atoms with Gasteiger partial charge in [-0.15, -0.1) is 0 Å². The third-order valence-electron chi connectivity index (χ3n) is 3.23. The Bertz CT molecular complexity index is 141. The van der Waals surface area contributed by atoms with Crippen molar-refractivity contribution in [2.45, 2.75) is 65.5 Å². The third-order valence-corrected chi connectivity index (χ3v) is 3.23. The summed E-state index contributed by atoms with van der Waals surface area (Å²) in [5, 5.41) is 10.1. The van der Waals surface area contributed by atoms with E-state index in [0.29, 0.717) is 0 Å². The first-order valence-electron chi connectivity index (χ1n) is 5.93. The van der Waals surface area contributed by atoms with Gasteiger partial charge in [0, 0.05) is 5.54 Å². The van der Waals surface area contributed by atoms with Crippen LogP contribution >= 0.6 is 0 Å². The largest absolute Gasteiger partial charge is 0.391 e. The zero-order valence-corrected chi connectivity index (χ0v) is 10.5. The minimum absolute atomic E-state index is 0.0847. The maximum atomic E-state index is 10.1. The fourth-order valence-corrected chi connectivity index (χ4v) is 2.00. The van der Waals surface area contributed by atoms with E-state index < -0.39 is 0 Å². The first kappa shape index (κ1) is 13.9. The lowest BCUT2D eigenvalue weighted by atomic mass is 9.91. The van der Waals surface area contributed by atoms with Crippen LogP contribution in [-0.2, 0) is 0 Å². The standard InChI is InChI=1S/C12H27NO/c1-6-9-10-11(14)12(4,5)13(7-2)8-3/h11,14H,6-10H2,1-5H3. The molecule has 0 radical (unpaired) electrons. The Hall–Kier alpha value is -0.0800. The van der Waals surface area contributed by atoms with Crippen molar-refractivity contribution in [1.82, 2.24) is 4.90 Å². The molecule has 1 unspecified atom stereocenters. The molecule has 86 valence electrons. The fraction of sp³-hybridized carbons (Fsp3) is 1.00. The van der Waals surface area contributed by atoms with Gasteiger partial charge >= 0.3 is 0 Å². The van der Waals surface area contributed by atoms with E-state index in [1.165, 1.54) is 0 Å². The van der Waals surface area contributed by atoms with Crippen LogP contribution in [0.15, 0.2) is 0 Å². The van der Waals surface area contributed by atoms with Crippen molar-refractivity contribution in [2.75, 3.05) is 13.1 Å². The van der Waals surface area contributed by atoms with Gasteiger partial charge in [0.15, 0.2) is 0 Å². The molecule has 0 rings (SSSR count). The average Bonchev–Trinajstić information content (AvgIpc) is 2.15. The maximum Gasteiger partial charge on any atom is 0.0718 e. The monoisotopic (exact) mass is 201 g/mol. The summed E-state index contributed by atoms with van der Waals surface area (Å²) in [6.07, 6.45) is 2.99. The van der Waals surface area contributed by atoms with Gasteiger partial charge in [-0.05, 0) is 33.4 Å². The molecule has 2 nitrogen and oxygen atoms in total. The van der Waals surface area contributed by atoms with Gasteiger partial charge in [-0.3, -0.25) is 4.90 Å². The van der Waals surface area contributed by atoms with Crippen molar-refractivity contribution < 1.29 is 5.11 Å². The number of aliphatic hydroxyl groups excluding tert-OH is 1. The number of rotatable bonds is 7. The quantitative estimate of drug-likeness (QED) is 0.684. The van der Waals surface area contributed by atoms with Gasteiger partial charge in [-0.1, -0.05) is 33.6 Å². The Kier molecular flexibility index (Phi) is 6.38. The second-order valence-corrected chi connectivity index (χ2v) is 4.48. The predicted octanol–water partition coefficient (Wildman–Crippen LogP) is 2.66. The molecule has 2 heteroatoms. The van der Waals surface area contributed by atoms with Crippen molar-refractivity contribution >= 4 is 0 Å². The van der Waals surface area contributed by atoms with Crippen LogP contribution in [0.3, 0.4) is 0 Å². The molecule has 0 heterocycles. The summed E-state index contributed by atoms with van der Waals surface area (Å²) in [7, 11) is 0. The van der Waals surface area contributed by atoms with E-state index >= 15 is 0 Å². The molecular weight excluding hydrogens is 174 g/mol. The molecule has 0 aliphatic carbocycles. The van der Waals surface area contributed by atoms with E-state index in [-0.39, 0.29) is 11.6 Å². The minimum atomic E-state index is -0.206. The second-order valence-electron chi connectivity index (χ2n) is 4.48. The maximum absolute atomic E-state index is 10.1. The molecule has 0 spiro atoms. The Morgan fingerprint density at radius 3 is 2.00 bits per heavy atom. The normalized spacial score (nSPS) is 14.8. The zero-order chi connectivity index (χ0) is 11.2. The molecule has 0 fully saturated rings. The fourth-order valence-electron chi connectivity index (χ4n) is 2.00. The summed E-state index contributed by atoms with van der Waals surface area (Å²) in [5.74, 6) is 0. The molecule has 0 aromatic rings. The minimum Gasteiger partial charge on any atom is -0.391 e. The Morgan fingerprint density at radius 2 is 1.64 bits per heavy atom. The van der Waals surface area contributed by atoms with Crippen LogP contribution in [0.4, 0.5) is 0 Å². The summed E-state index contributed by atoms with van der Waals surface area (Å²) in [6, 6.07) is 0. The van der Waals surface area contributed by atoms with Crippen LogP contribution in [0.25, 0.3) is 0 Å². The smallest absolute Gasteiger partial charge is 0.0718 e. The Labute approximate surface area is 89.3 Å². The van der Waals surface area contributed by atoms with Gasteiger partial charge < -0.3 is 5.11 Å². The van der Waals surface area contributed by atoms with E-state index in [0.717, 1.165) is 32.4 Å². The summed E-state index contributed by atoms with van der Waals surface area (Å²) in [4.78, 5) is 2.33. The molecule has 0 aliphatic heterocycles. The van der Waals surface area contributed by atoms with E-state index in [9.17, 15) is 5.11 Å². The van der Waals surface area contributed by atoms with Gasteiger partial charge in [0.25, 0.3) is 0 Å². The molecule has 0 aliphatic rings. The van der Waals surface area contributed by atoms with Crippen LogP contribution in [-0.4, -0.2) is 34.7 Å². The Morgan fingerprint density at radius 1 is 1.14 bits per heavy atom. The van der Waals surface area contributed by atoms with Crippen molar-refractivity contribution in [3.05, 3.63) is 0 Å². The van der Waals surface area contributed by atoms with Crippen molar-refractivity contribution in [3.63, 3.8) is 0 Å². The summed E-state index contributed by atoms with van der Waals surface area (Å²) < 4.78 is 0. The number of unbranched alkanes of at least 4 members (excludes halogenated alkanes) is 1. The lowest BCUT2D eigenvalue weighted by Gasteiger charge is -2.41. The third kappa shape index (κ3) is 3.58. The highest BCUT2D eigenvalue weighted by Crippen LogP contribution is 2.22. The second kappa shape index (κ2) is 6.41. The van der Waals surface area contributed by atoms with Crippen molar-refractivity contribution in [3.8, 4) is 0 Å². The van der Waals surface area contributed by atoms with Crippen molar-refractivity contribution in [2.24, 2.45) is 0 Å². The van der Waals surface area contributed by atoms with Gasteiger partial charge in [0.1, 0.15) is 0 Å². The zero-order valence-electron chi connectivity index (χ0n) is 10.5. The SMILES string of the molecule is CCCCC(O)C(C)(C)N(CC)CC. The van der Waals surface area contributed by atoms with E-state index in [4.69, 9.17) is 0 Å². The molecule has 1 atom stereocenters. The van der Waals surface area contributed by atoms with E-state index in [1.807, 2.05) is 0 Å². The van der Waals surface area contributed by atoms with Crippen LogP contribution in [0, 0.1) is 0 Å². The van der Waals surface area contributed by atoms with E-state index in [2.05, 4.69) is 39.5 Å². The molecule has 0 amide bonds. The molecule has 14 heavy (non-hydrogen) atoms. The number of nitrogens with zero attached hydrogens (tertiary/aromatic N) is 1. The summed E-state index contributed by atoms with van der Waals surface area (Å²) >= 11 is 0. The average molecular weight is 201 g/mol. The lowest BCUT2D eigenvalue weighted by Crippen LogP contribution is -2.52. The van der Waals surface area contributed by atoms with Crippen LogP contribution in [0.5, 0.6) is 0 Å². The number of hydrogen-bond acceptors (Lipinski definition) is 2. The topological polar surface area (TPSA) is 23.5 Å². The molecule has 1 N–H and O–H groups in total. The predicted molar refractivity (Wildman–Crippen MR) is 62.5 cm³/mol. The molecular formula is C12H27NO. The molecule has 0 saturated carbocycles. The highest BCUT2D eigenvalue weighted by atomic mass is 16.3. The first-order valence-corrected chi connectivity index (χ1v) is 5.93. The Balaban J connectivity index is 4.25.